The number of hydrogen-bond acceptors (Lipinski definition) is 4. The summed E-state index contributed by atoms with van der Waals surface area (Å²) < 4.78 is 1.22. The Morgan fingerprint density at radius 3 is 2.89 bits per heavy atom. The molecular weight excluding hydrogens is 346 g/mol. The van der Waals surface area contributed by atoms with Gasteiger partial charge < -0.3 is 9.88 Å². The molecule has 1 saturated heterocycles. The first-order valence-corrected chi connectivity index (χ1v) is 9.04. The van der Waals surface area contributed by atoms with Crippen LogP contribution in [-0.4, -0.2) is 43.4 Å². The number of carbonyl (C=O) groups excluding carboxylic acids is 1. The minimum atomic E-state index is -0.572. The lowest BCUT2D eigenvalue weighted by atomic mass is 9.97. The number of fused-ring (bicyclic) bond motifs is 1. The Morgan fingerprint density at radius 1 is 1.26 bits per heavy atom. The quantitative estimate of drug-likeness (QED) is 0.724. The molecule has 8 heteroatoms. The third-order valence-electron chi connectivity index (χ3n) is 5.10. The molecule has 1 aromatic carbocycles. The minimum absolute atomic E-state index is 0.0818. The number of aryl methyl sites for hydroxylation is 1. The summed E-state index contributed by atoms with van der Waals surface area (Å²) in [7, 11) is 0. The molecule has 3 heterocycles. The third-order valence-corrected chi connectivity index (χ3v) is 5.10. The largest absolute Gasteiger partial charge is 0.342 e. The highest BCUT2D eigenvalue weighted by atomic mass is 16.2. The molecule has 0 spiro atoms. The maximum absolute atomic E-state index is 12.7. The fraction of sp³-hybridized carbons (Fsp3) is 0.368. The van der Waals surface area contributed by atoms with Crippen molar-refractivity contribution in [2.45, 2.75) is 32.2 Å². The summed E-state index contributed by atoms with van der Waals surface area (Å²) in [6, 6.07) is 7.28. The maximum atomic E-state index is 12.7. The topological polar surface area (TPSA) is 104 Å². The van der Waals surface area contributed by atoms with Crippen LogP contribution in [0.5, 0.6) is 0 Å². The molecule has 0 radical (unpaired) electrons. The number of imidazole rings is 1. The van der Waals surface area contributed by atoms with Crippen LogP contribution in [0.4, 0.5) is 0 Å². The van der Waals surface area contributed by atoms with E-state index in [-0.39, 0.29) is 18.4 Å². The second-order valence-electron chi connectivity index (χ2n) is 7.01. The van der Waals surface area contributed by atoms with Gasteiger partial charge in [-0.25, -0.2) is 9.78 Å². The average Bonchev–Trinajstić information content (AvgIpc) is 3.10. The number of hydrogen-bond donors (Lipinski definition) is 2. The summed E-state index contributed by atoms with van der Waals surface area (Å²) in [6.07, 6.45) is 3.19. The van der Waals surface area contributed by atoms with Crippen LogP contribution >= 0.6 is 0 Å². The zero-order chi connectivity index (χ0) is 19.0. The number of aromatic nitrogens is 4. The van der Waals surface area contributed by atoms with Gasteiger partial charge in [0.05, 0.1) is 11.0 Å². The molecule has 3 aromatic rings. The number of H-pyrrole nitrogens is 2. The number of nitrogens with zero attached hydrogens (tertiary/aromatic N) is 3. The van der Waals surface area contributed by atoms with E-state index in [1.54, 1.807) is 4.90 Å². The van der Waals surface area contributed by atoms with Crippen molar-refractivity contribution in [3.63, 3.8) is 0 Å². The molecule has 8 nitrogen and oxygen atoms in total. The van der Waals surface area contributed by atoms with E-state index in [1.807, 2.05) is 25.1 Å². The highest BCUT2D eigenvalue weighted by molar-refractivity contribution is 5.79. The monoisotopic (exact) mass is 367 g/mol. The van der Waals surface area contributed by atoms with Gasteiger partial charge in [-0.1, -0.05) is 12.1 Å². The normalized spacial score (nSPS) is 17.4. The molecule has 2 aromatic heterocycles. The molecule has 0 aliphatic carbocycles. The summed E-state index contributed by atoms with van der Waals surface area (Å²) >= 11 is 0. The van der Waals surface area contributed by atoms with Crippen molar-refractivity contribution in [1.82, 2.24) is 24.4 Å². The van der Waals surface area contributed by atoms with E-state index in [9.17, 15) is 14.4 Å². The number of rotatable bonds is 3. The molecule has 1 aliphatic heterocycles. The van der Waals surface area contributed by atoms with Crippen molar-refractivity contribution in [3.8, 4) is 0 Å². The van der Waals surface area contributed by atoms with Crippen LogP contribution in [0.25, 0.3) is 11.0 Å². The predicted molar refractivity (Wildman–Crippen MR) is 101 cm³/mol. The van der Waals surface area contributed by atoms with Gasteiger partial charge in [0.2, 0.25) is 5.91 Å². The Labute approximate surface area is 154 Å². The third kappa shape index (κ3) is 3.42. The van der Waals surface area contributed by atoms with Crippen molar-refractivity contribution < 1.29 is 4.79 Å². The fourth-order valence-corrected chi connectivity index (χ4v) is 3.63. The van der Waals surface area contributed by atoms with Gasteiger partial charge in [-0.2, -0.15) is 0 Å². The highest BCUT2D eigenvalue weighted by Gasteiger charge is 2.27. The number of amides is 1. The number of para-hydroxylation sites is 1. The van der Waals surface area contributed by atoms with Gasteiger partial charge >= 0.3 is 5.69 Å². The van der Waals surface area contributed by atoms with Gasteiger partial charge in [-0.05, 0) is 31.4 Å². The van der Waals surface area contributed by atoms with Crippen molar-refractivity contribution in [1.29, 1.82) is 0 Å². The van der Waals surface area contributed by atoms with Gasteiger partial charge in [-0.3, -0.25) is 19.1 Å². The molecule has 1 atom stereocenters. The molecule has 4 rings (SSSR count). The van der Waals surface area contributed by atoms with Crippen LogP contribution in [0.15, 0.2) is 40.1 Å². The number of nitrogens with one attached hydrogen (secondary N) is 2. The van der Waals surface area contributed by atoms with E-state index in [4.69, 9.17) is 4.98 Å². The van der Waals surface area contributed by atoms with Crippen LogP contribution in [0.2, 0.25) is 0 Å². The summed E-state index contributed by atoms with van der Waals surface area (Å²) in [4.78, 5) is 47.7. The fourth-order valence-electron chi connectivity index (χ4n) is 3.63. The van der Waals surface area contributed by atoms with E-state index in [0.717, 1.165) is 35.3 Å². The highest BCUT2D eigenvalue weighted by Crippen LogP contribution is 2.27. The lowest BCUT2D eigenvalue weighted by Crippen LogP contribution is -2.43. The Balaban J connectivity index is 1.51. The predicted octanol–water partition coefficient (Wildman–Crippen LogP) is 1.13. The molecule has 0 saturated carbocycles. The van der Waals surface area contributed by atoms with Gasteiger partial charge in [0.1, 0.15) is 12.4 Å². The summed E-state index contributed by atoms with van der Waals surface area (Å²) in [6.45, 7) is 3.18. The molecule has 1 amide bonds. The average molecular weight is 367 g/mol. The molecule has 0 bridgehead atoms. The second-order valence-corrected chi connectivity index (χ2v) is 7.01. The van der Waals surface area contributed by atoms with E-state index in [2.05, 4.69) is 9.97 Å². The first kappa shape index (κ1) is 17.3. The van der Waals surface area contributed by atoms with Crippen LogP contribution in [-0.2, 0) is 11.3 Å². The zero-order valence-corrected chi connectivity index (χ0v) is 15.1. The first-order chi connectivity index (χ1) is 13.0. The van der Waals surface area contributed by atoms with Crippen molar-refractivity contribution >= 4 is 16.9 Å². The van der Waals surface area contributed by atoms with E-state index < -0.39 is 11.2 Å². The molecule has 140 valence electrons. The molecule has 2 N–H and O–H groups in total. The Hall–Kier alpha value is -3.16. The van der Waals surface area contributed by atoms with Crippen LogP contribution in [0.1, 0.15) is 30.1 Å². The maximum Gasteiger partial charge on any atom is 0.328 e. The lowest BCUT2D eigenvalue weighted by molar-refractivity contribution is -0.133. The van der Waals surface area contributed by atoms with E-state index in [0.29, 0.717) is 13.1 Å². The molecule has 0 unspecified atom stereocenters. The van der Waals surface area contributed by atoms with Crippen LogP contribution in [0, 0.1) is 6.92 Å². The SMILES string of the molecule is Cc1cccc2[nH]c([C@@H]3CCCN(C(=O)Cn4ccc(=O)[nH]c4=O)C3)nc12. The van der Waals surface area contributed by atoms with Crippen LogP contribution < -0.4 is 11.2 Å². The number of likely N-dealkylation sites (tertiary alicyclic amines) is 1. The van der Waals surface area contributed by atoms with Crippen molar-refractivity contribution in [2.24, 2.45) is 0 Å². The second kappa shape index (κ2) is 6.86. The molecule has 1 aliphatic rings. The first-order valence-electron chi connectivity index (χ1n) is 9.04. The van der Waals surface area contributed by atoms with Crippen molar-refractivity contribution in [2.75, 3.05) is 13.1 Å². The van der Waals surface area contributed by atoms with Gasteiger partial charge in [0.25, 0.3) is 5.56 Å². The Morgan fingerprint density at radius 2 is 2.11 bits per heavy atom. The summed E-state index contributed by atoms with van der Waals surface area (Å²) in [5, 5.41) is 0. The van der Waals surface area contributed by atoms with Gasteiger partial charge in [0, 0.05) is 31.3 Å². The van der Waals surface area contributed by atoms with Gasteiger partial charge in [0.15, 0.2) is 0 Å². The van der Waals surface area contributed by atoms with Crippen molar-refractivity contribution in [3.05, 3.63) is 62.7 Å². The zero-order valence-electron chi connectivity index (χ0n) is 15.1. The molecule has 1 fully saturated rings. The standard InChI is InChI=1S/C19H21N5O3/c1-12-4-2-6-14-17(12)22-18(20-14)13-5-3-8-23(10-13)16(26)11-24-9-7-15(25)21-19(24)27/h2,4,6-7,9,13H,3,5,8,10-11H2,1H3,(H,20,22)(H,21,25,27)/t13-/m1/s1. The summed E-state index contributed by atoms with van der Waals surface area (Å²) in [5.74, 6) is 0.904. The van der Waals surface area contributed by atoms with E-state index >= 15 is 0 Å². The van der Waals surface area contributed by atoms with E-state index in [1.165, 1.54) is 16.8 Å². The van der Waals surface area contributed by atoms with Crippen LogP contribution in [0.3, 0.4) is 0 Å². The minimum Gasteiger partial charge on any atom is -0.342 e. The van der Waals surface area contributed by atoms with Gasteiger partial charge in [-0.15, -0.1) is 0 Å². The summed E-state index contributed by atoms with van der Waals surface area (Å²) in [5.41, 5.74) is 2.05. The number of benzene rings is 1. The Bertz CT molecular complexity index is 1110. The lowest BCUT2D eigenvalue weighted by Gasteiger charge is -2.32. The molecule has 27 heavy (non-hydrogen) atoms. The number of piperidine rings is 1. The Kier molecular flexibility index (Phi) is 4.39. The number of carbonyl (C=O) groups is 1. The smallest absolute Gasteiger partial charge is 0.328 e. The number of aromatic amines is 2. The molecular formula is C19H21N5O3.